The van der Waals surface area contributed by atoms with E-state index < -0.39 is 5.91 Å². The summed E-state index contributed by atoms with van der Waals surface area (Å²) in [4.78, 5) is 15.7. The largest absolute Gasteiger partial charge is 0.464 e. The van der Waals surface area contributed by atoms with Gasteiger partial charge in [0.2, 0.25) is 0 Å². The van der Waals surface area contributed by atoms with Gasteiger partial charge in [-0.3, -0.25) is 9.89 Å². The topological polar surface area (TPSA) is 97.8 Å². The summed E-state index contributed by atoms with van der Waals surface area (Å²) in [5.74, 6) is 0.209. The molecule has 4 rings (SSSR count). The highest BCUT2D eigenvalue weighted by atomic mass is 16.3. The number of furan rings is 1. The number of primary amides is 1. The van der Waals surface area contributed by atoms with E-state index in [1.54, 1.807) is 18.5 Å². The first-order valence-corrected chi connectivity index (χ1v) is 6.83. The number of hydrogen-bond donors (Lipinski definition) is 2. The highest BCUT2D eigenvalue weighted by Crippen LogP contribution is 2.35. The van der Waals surface area contributed by atoms with Gasteiger partial charge >= 0.3 is 0 Å². The molecule has 3 aromatic rings. The molecule has 108 valence electrons. The Labute approximate surface area is 125 Å². The summed E-state index contributed by atoms with van der Waals surface area (Å²) in [5, 5.41) is 7.59. The molecule has 0 spiro atoms. The van der Waals surface area contributed by atoms with Crippen molar-refractivity contribution in [3.05, 3.63) is 47.7 Å². The van der Waals surface area contributed by atoms with Crippen LogP contribution in [0.5, 0.6) is 0 Å². The Morgan fingerprint density at radius 1 is 1.27 bits per heavy atom. The van der Waals surface area contributed by atoms with Gasteiger partial charge in [-0.15, -0.1) is 0 Å². The van der Waals surface area contributed by atoms with Gasteiger partial charge in [0, 0.05) is 22.1 Å². The van der Waals surface area contributed by atoms with E-state index >= 15 is 0 Å². The lowest BCUT2D eigenvalue weighted by atomic mass is 10.00. The van der Waals surface area contributed by atoms with Crippen LogP contribution >= 0.6 is 0 Å². The molecule has 22 heavy (non-hydrogen) atoms. The predicted octanol–water partition coefficient (Wildman–Crippen LogP) is 2.75. The van der Waals surface area contributed by atoms with Crippen LogP contribution in [0.1, 0.15) is 28.2 Å². The lowest BCUT2D eigenvalue weighted by Crippen LogP contribution is -2.13. The highest BCUT2D eigenvalue weighted by molar-refractivity contribution is 6.01. The van der Waals surface area contributed by atoms with Gasteiger partial charge < -0.3 is 10.2 Å². The van der Waals surface area contributed by atoms with E-state index in [9.17, 15) is 4.79 Å². The number of hydrogen-bond acceptors (Lipinski definition) is 4. The maximum absolute atomic E-state index is 11.5. The molecule has 0 fully saturated rings. The number of amides is 1. The smallest absolute Gasteiger partial charge is 0.267 e. The van der Waals surface area contributed by atoms with Crippen LogP contribution < -0.4 is 5.73 Å². The Morgan fingerprint density at radius 3 is 3.00 bits per heavy atom. The van der Waals surface area contributed by atoms with E-state index in [-0.39, 0.29) is 5.69 Å². The molecule has 1 aliphatic rings. The molecule has 0 unspecified atom stereocenters. The molecule has 6 heteroatoms. The van der Waals surface area contributed by atoms with E-state index in [1.807, 2.05) is 18.2 Å². The summed E-state index contributed by atoms with van der Waals surface area (Å²) in [5.41, 5.74) is 8.76. The Balaban J connectivity index is 2.02. The average Bonchev–Trinajstić information content (AvgIpc) is 3.07. The molecule has 0 aromatic carbocycles. The van der Waals surface area contributed by atoms with Crippen LogP contribution in [-0.4, -0.2) is 21.1 Å². The molecule has 3 aromatic heterocycles. The van der Waals surface area contributed by atoms with E-state index in [2.05, 4.69) is 21.3 Å². The van der Waals surface area contributed by atoms with Crippen LogP contribution in [0.4, 0.5) is 0 Å². The van der Waals surface area contributed by atoms with Crippen molar-refractivity contribution in [3.8, 4) is 11.1 Å². The maximum Gasteiger partial charge on any atom is 0.267 e. The van der Waals surface area contributed by atoms with Gasteiger partial charge in [-0.25, -0.2) is 4.98 Å². The van der Waals surface area contributed by atoms with Gasteiger partial charge in [0.1, 0.15) is 11.5 Å². The molecule has 0 radical (unpaired) electrons. The van der Waals surface area contributed by atoms with Gasteiger partial charge in [0.15, 0.2) is 5.65 Å². The third-order valence-electron chi connectivity index (χ3n) is 3.65. The monoisotopic (exact) mass is 292 g/mol. The second kappa shape index (κ2) is 4.70. The number of H-pyrrole nitrogens is 1. The number of nitrogens with two attached hydrogens (primary N) is 1. The van der Waals surface area contributed by atoms with Crippen LogP contribution in [0.2, 0.25) is 0 Å². The third kappa shape index (κ3) is 1.85. The average molecular weight is 292 g/mol. The zero-order chi connectivity index (χ0) is 15.1. The number of carbonyl (C=O) groups excluding carboxylic acids is 1. The van der Waals surface area contributed by atoms with Crippen LogP contribution in [0, 0.1) is 0 Å². The number of fused-ring (bicyclic) bond motifs is 2. The normalized spacial score (nSPS) is 13.3. The van der Waals surface area contributed by atoms with Crippen molar-refractivity contribution in [3.63, 3.8) is 0 Å². The summed E-state index contributed by atoms with van der Waals surface area (Å²) in [6, 6.07) is 1.67. The van der Waals surface area contributed by atoms with Crippen molar-refractivity contribution in [1.82, 2.24) is 15.2 Å². The number of allylic oxidation sites excluding steroid dienone is 2. The quantitative estimate of drug-likeness (QED) is 0.758. The fourth-order valence-electron chi connectivity index (χ4n) is 2.61. The Bertz CT molecular complexity index is 946. The van der Waals surface area contributed by atoms with Crippen molar-refractivity contribution < 1.29 is 9.21 Å². The van der Waals surface area contributed by atoms with Crippen LogP contribution in [0.3, 0.4) is 0 Å². The van der Waals surface area contributed by atoms with E-state index in [0.717, 1.165) is 34.3 Å². The second-order valence-electron chi connectivity index (χ2n) is 5.02. The molecule has 6 nitrogen and oxygen atoms in total. The molecule has 3 N–H and O–H groups in total. The van der Waals surface area contributed by atoms with E-state index in [0.29, 0.717) is 5.65 Å². The summed E-state index contributed by atoms with van der Waals surface area (Å²) < 4.78 is 5.64. The first kappa shape index (κ1) is 12.6. The van der Waals surface area contributed by atoms with E-state index in [4.69, 9.17) is 10.2 Å². The fraction of sp³-hybridized carbons (Fsp3) is 0.0625. The number of nitrogens with one attached hydrogen (secondary N) is 1. The lowest BCUT2D eigenvalue weighted by Gasteiger charge is -2.04. The molecule has 3 heterocycles. The minimum atomic E-state index is -0.581. The van der Waals surface area contributed by atoms with Crippen molar-refractivity contribution in [2.24, 2.45) is 5.73 Å². The highest BCUT2D eigenvalue weighted by Gasteiger charge is 2.18. The fourth-order valence-corrected chi connectivity index (χ4v) is 2.61. The minimum absolute atomic E-state index is 0.190. The molecule has 1 amide bonds. The number of aromatic nitrogens is 3. The third-order valence-corrected chi connectivity index (χ3v) is 3.65. The van der Waals surface area contributed by atoms with Crippen LogP contribution in [0.15, 0.2) is 35.1 Å². The van der Waals surface area contributed by atoms with Crippen molar-refractivity contribution in [1.29, 1.82) is 0 Å². The van der Waals surface area contributed by atoms with Crippen LogP contribution in [-0.2, 0) is 0 Å². The molecule has 0 saturated heterocycles. The molecular weight excluding hydrogens is 280 g/mol. The maximum atomic E-state index is 11.5. The van der Waals surface area contributed by atoms with Crippen molar-refractivity contribution in [2.45, 2.75) is 6.42 Å². The van der Waals surface area contributed by atoms with Gasteiger partial charge in [-0.2, -0.15) is 5.10 Å². The zero-order valence-electron chi connectivity index (χ0n) is 11.5. The Kier molecular flexibility index (Phi) is 2.69. The molecule has 0 aliphatic heterocycles. The molecule has 0 bridgehead atoms. The second-order valence-corrected chi connectivity index (χ2v) is 5.02. The minimum Gasteiger partial charge on any atom is -0.464 e. The summed E-state index contributed by atoms with van der Waals surface area (Å²) >= 11 is 0. The van der Waals surface area contributed by atoms with Gasteiger partial charge in [-0.05, 0) is 18.6 Å². The molecule has 0 atom stereocenters. The van der Waals surface area contributed by atoms with Gasteiger partial charge in [0.05, 0.1) is 12.5 Å². The SMILES string of the molecule is NC(=O)c1cc(-c2coc3c2C=CCC=C3)c2cn[nH]c2n1. The molecular formula is C16H12N4O2. The van der Waals surface area contributed by atoms with Gasteiger partial charge in [-0.1, -0.05) is 18.2 Å². The Hall–Kier alpha value is -3.15. The predicted molar refractivity (Wildman–Crippen MR) is 82.8 cm³/mol. The summed E-state index contributed by atoms with van der Waals surface area (Å²) in [6.45, 7) is 0. The first-order chi connectivity index (χ1) is 10.7. The van der Waals surface area contributed by atoms with Crippen LogP contribution in [0.25, 0.3) is 34.3 Å². The van der Waals surface area contributed by atoms with Crippen molar-refractivity contribution in [2.75, 3.05) is 0 Å². The van der Waals surface area contributed by atoms with Gasteiger partial charge in [0.25, 0.3) is 5.91 Å². The molecule has 1 aliphatic carbocycles. The summed E-state index contributed by atoms with van der Waals surface area (Å²) in [6.07, 6.45) is 12.3. The van der Waals surface area contributed by atoms with E-state index in [1.165, 1.54) is 0 Å². The first-order valence-electron chi connectivity index (χ1n) is 6.83. The van der Waals surface area contributed by atoms with Crippen molar-refractivity contribution >= 4 is 29.1 Å². The number of pyridine rings is 1. The molecule has 0 saturated carbocycles. The number of rotatable bonds is 2. The standard InChI is InChI=1S/C16H12N4O2/c17-15(21)13-6-10(11-7-18-20-16(11)19-13)12-8-22-14-5-3-1-2-4-9(12)14/h2-8H,1H2,(H2,17,21)(H,18,19,20). The zero-order valence-corrected chi connectivity index (χ0v) is 11.5. The summed E-state index contributed by atoms with van der Waals surface area (Å²) in [7, 11) is 0. The number of carbonyl (C=O) groups is 1. The Morgan fingerprint density at radius 2 is 2.14 bits per heavy atom. The number of aromatic amines is 1. The number of nitrogens with zero attached hydrogens (tertiary/aromatic N) is 2. The lowest BCUT2D eigenvalue weighted by molar-refractivity contribution is 0.0996.